The molecule has 1 atom stereocenters. The molecule has 0 saturated carbocycles. The van der Waals surface area contributed by atoms with Gasteiger partial charge in [-0.15, -0.1) is 0 Å². The van der Waals surface area contributed by atoms with E-state index in [0.29, 0.717) is 11.8 Å². The minimum atomic E-state index is 0.140. The molecular weight excluding hydrogens is 222 g/mol. The zero-order valence-electron chi connectivity index (χ0n) is 12.0. The first-order chi connectivity index (χ1) is 8.51. The lowest BCUT2D eigenvalue weighted by Crippen LogP contribution is -2.56. The van der Waals surface area contributed by atoms with Crippen LogP contribution in [-0.4, -0.2) is 19.8 Å². The fourth-order valence-corrected chi connectivity index (χ4v) is 3.40. The molecule has 100 valence electrons. The van der Waals surface area contributed by atoms with E-state index in [4.69, 9.17) is 10.5 Å². The Morgan fingerprint density at radius 1 is 1.28 bits per heavy atom. The van der Waals surface area contributed by atoms with Crippen LogP contribution in [0.3, 0.4) is 0 Å². The van der Waals surface area contributed by atoms with Crippen LogP contribution in [0.15, 0.2) is 18.2 Å². The van der Waals surface area contributed by atoms with Crippen molar-refractivity contribution in [2.45, 2.75) is 33.1 Å². The zero-order valence-corrected chi connectivity index (χ0v) is 12.0. The van der Waals surface area contributed by atoms with Gasteiger partial charge in [0.15, 0.2) is 0 Å². The fourth-order valence-electron chi connectivity index (χ4n) is 3.40. The molecule has 1 aromatic rings. The average Bonchev–Trinajstić information content (AvgIpc) is 2.23. The predicted molar refractivity (Wildman–Crippen MR) is 75.8 cm³/mol. The number of hydrogen-bond acceptors (Lipinski definition) is 2. The molecule has 1 saturated heterocycles. The SMILES string of the molecule is Cc1ccc(C2(C(CN)C(C)C)COC2)c(C)c1. The Morgan fingerprint density at radius 3 is 2.33 bits per heavy atom. The molecule has 1 unspecified atom stereocenters. The molecule has 2 rings (SSSR count). The van der Waals surface area contributed by atoms with Crippen molar-refractivity contribution in [1.29, 1.82) is 0 Å². The highest BCUT2D eigenvalue weighted by molar-refractivity contribution is 5.39. The minimum absolute atomic E-state index is 0.140. The predicted octanol–water partition coefficient (Wildman–Crippen LogP) is 2.80. The first kappa shape index (κ1) is 13.6. The molecule has 0 bridgehead atoms. The summed E-state index contributed by atoms with van der Waals surface area (Å²) >= 11 is 0. The summed E-state index contributed by atoms with van der Waals surface area (Å²) in [5.74, 6) is 1.08. The maximum atomic E-state index is 6.03. The molecule has 2 nitrogen and oxygen atoms in total. The normalized spacial score (nSPS) is 19.7. The molecule has 0 amide bonds. The van der Waals surface area contributed by atoms with Crippen molar-refractivity contribution in [2.24, 2.45) is 17.6 Å². The van der Waals surface area contributed by atoms with Crippen LogP contribution < -0.4 is 5.73 Å². The Bertz CT molecular complexity index is 421. The van der Waals surface area contributed by atoms with E-state index in [-0.39, 0.29) is 5.41 Å². The third-order valence-corrected chi connectivity index (χ3v) is 4.41. The Balaban J connectivity index is 2.43. The van der Waals surface area contributed by atoms with Crippen molar-refractivity contribution < 1.29 is 4.74 Å². The van der Waals surface area contributed by atoms with Crippen molar-refractivity contribution in [3.63, 3.8) is 0 Å². The Hall–Kier alpha value is -0.860. The summed E-state index contributed by atoms with van der Waals surface area (Å²) in [6.45, 7) is 11.2. The molecule has 18 heavy (non-hydrogen) atoms. The van der Waals surface area contributed by atoms with Gasteiger partial charge in [0.25, 0.3) is 0 Å². The summed E-state index contributed by atoms with van der Waals surface area (Å²) in [6.07, 6.45) is 0. The van der Waals surface area contributed by atoms with Gasteiger partial charge in [0.05, 0.1) is 13.2 Å². The molecule has 1 heterocycles. The van der Waals surface area contributed by atoms with Crippen LogP contribution in [0.1, 0.15) is 30.5 Å². The Kier molecular flexibility index (Phi) is 3.79. The van der Waals surface area contributed by atoms with Gasteiger partial charge in [-0.1, -0.05) is 37.6 Å². The van der Waals surface area contributed by atoms with Gasteiger partial charge in [-0.3, -0.25) is 0 Å². The van der Waals surface area contributed by atoms with E-state index in [0.717, 1.165) is 19.8 Å². The van der Waals surface area contributed by atoms with Crippen LogP contribution in [-0.2, 0) is 10.2 Å². The topological polar surface area (TPSA) is 35.2 Å². The second kappa shape index (κ2) is 5.02. The van der Waals surface area contributed by atoms with Gasteiger partial charge in [0.1, 0.15) is 0 Å². The van der Waals surface area contributed by atoms with Crippen LogP contribution in [0.5, 0.6) is 0 Å². The molecule has 0 radical (unpaired) electrons. The van der Waals surface area contributed by atoms with Crippen molar-refractivity contribution >= 4 is 0 Å². The van der Waals surface area contributed by atoms with Crippen LogP contribution >= 0.6 is 0 Å². The van der Waals surface area contributed by atoms with Gasteiger partial charge in [0, 0.05) is 5.41 Å². The maximum Gasteiger partial charge on any atom is 0.0589 e. The number of aryl methyl sites for hydroxylation is 2. The number of ether oxygens (including phenoxy) is 1. The van der Waals surface area contributed by atoms with Gasteiger partial charge in [-0.05, 0) is 43.4 Å². The largest absolute Gasteiger partial charge is 0.379 e. The molecular formula is C16H25NO. The lowest BCUT2D eigenvalue weighted by Gasteiger charge is -2.49. The maximum absolute atomic E-state index is 6.03. The highest BCUT2D eigenvalue weighted by atomic mass is 16.5. The molecule has 0 aliphatic carbocycles. The van der Waals surface area contributed by atoms with E-state index in [1.165, 1.54) is 16.7 Å². The number of hydrogen-bond donors (Lipinski definition) is 1. The van der Waals surface area contributed by atoms with E-state index >= 15 is 0 Å². The summed E-state index contributed by atoms with van der Waals surface area (Å²) < 4.78 is 5.56. The van der Waals surface area contributed by atoms with Gasteiger partial charge < -0.3 is 10.5 Å². The van der Waals surface area contributed by atoms with Gasteiger partial charge in [-0.2, -0.15) is 0 Å². The van der Waals surface area contributed by atoms with Gasteiger partial charge in [-0.25, -0.2) is 0 Å². The molecule has 1 aromatic carbocycles. The third kappa shape index (κ3) is 2.08. The highest BCUT2D eigenvalue weighted by Crippen LogP contribution is 2.43. The van der Waals surface area contributed by atoms with Crippen molar-refractivity contribution in [3.05, 3.63) is 34.9 Å². The summed E-state index contributed by atoms with van der Waals surface area (Å²) in [4.78, 5) is 0. The standard InChI is InChI=1S/C16H25NO/c1-11(2)15(8-17)16(9-18-10-16)14-6-5-12(3)7-13(14)4/h5-7,11,15H,8-10,17H2,1-4H3. The number of benzene rings is 1. The molecule has 1 aliphatic rings. The van der Waals surface area contributed by atoms with Crippen LogP contribution in [0, 0.1) is 25.7 Å². The molecule has 2 heteroatoms. The van der Waals surface area contributed by atoms with Crippen LogP contribution in [0.4, 0.5) is 0 Å². The first-order valence-electron chi connectivity index (χ1n) is 6.87. The molecule has 1 aliphatic heterocycles. The zero-order chi connectivity index (χ0) is 13.3. The van der Waals surface area contributed by atoms with E-state index in [2.05, 4.69) is 45.9 Å². The van der Waals surface area contributed by atoms with E-state index in [1.807, 2.05) is 0 Å². The quantitative estimate of drug-likeness (QED) is 0.888. The summed E-state index contributed by atoms with van der Waals surface area (Å²) in [5, 5.41) is 0. The Morgan fingerprint density at radius 2 is 1.94 bits per heavy atom. The second-order valence-electron chi connectivity index (χ2n) is 6.05. The molecule has 0 aromatic heterocycles. The minimum Gasteiger partial charge on any atom is -0.379 e. The first-order valence-corrected chi connectivity index (χ1v) is 6.87. The lowest BCUT2D eigenvalue weighted by atomic mass is 9.63. The number of nitrogens with two attached hydrogens (primary N) is 1. The van der Waals surface area contributed by atoms with Crippen LogP contribution in [0.2, 0.25) is 0 Å². The van der Waals surface area contributed by atoms with Crippen molar-refractivity contribution in [1.82, 2.24) is 0 Å². The molecule has 2 N–H and O–H groups in total. The lowest BCUT2D eigenvalue weighted by molar-refractivity contribution is -0.0985. The summed E-state index contributed by atoms with van der Waals surface area (Å²) in [7, 11) is 0. The highest BCUT2D eigenvalue weighted by Gasteiger charge is 2.48. The third-order valence-electron chi connectivity index (χ3n) is 4.41. The van der Waals surface area contributed by atoms with E-state index < -0.39 is 0 Å². The van der Waals surface area contributed by atoms with Crippen molar-refractivity contribution in [3.8, 4) is 0 Å². The van der Waals surface area contributed by atoms with Crippen LogP contribution in [0.25, 0.3) is 0 Å². The summed E-state index contributed by atoms with van der Waals surface area (Å²) in [6, 6.07) is 6.75. The summed E-state index contributed by atoms with van der Waals surface area (Å²) in [5.41, 5.74) is 10.3. The van der Waals surface area contributed by atoms with Gasteiger partial charge >= 0.3 is 0 Å². The van der Waals surface area contributed by atoms with E-state index in [1.54, 1.807) is 0 Å². The van der Waals surface area contributed by atoms with Gasteiger partial charge in [0.2, 0.25) is 0 Å². The fraction of sp³-hybridized carbons (Fsp3) is 0.625. The smallest absolute Gasteiger partial charge is 0.0589 e. The van der Waals surface area contributed by atoms with Crippen molar-refractivity contribution in [2.75, 3.05) is 19.8 Å². The number of rotatable bonds is 4. The monoisotopic (exact) mass is 247 g/mol. The average molecular weight is 247 g/mol. The van der Waals surface area contributed by atoms with E-state index in [9.17, 15) is 0 Å². The molecule has 0 spiro atoms. The molecule has 1 fully saturated rings. The second-order valence-corrected chi connectivity index (χ2v) is 6.05. The Labute approximate surface area is 111 Å².